The van der Waals surface area contributed by atoms with Gasteiger partial charge >= 0.3 is 0 Å². The minimum absolute atomic E-state index is 0.649. The van der Waals surface area contributed by atoms with E-state index >= 15 is 0 Å². The van der Waals surface area contributed by atoms with Crippen LogP contribution in [0.4, 0.5) is 11.4 Å². The molecule has 2 unspecified atom stereocenters. The van der Waals surface area contributed by atoms with E-state index in [-0.39, 0.29) is 0 Å². The van der Waals surface area contributed by atoms with E-state index in [9.17, 15) is 0 Å². The summed E-state index contributed by atoms with van der Waals surface area (Å²) in [6.07, 6.45) is 5.37. The van der Waals surface area contributed by atoms with Crippen molar-refractivity contribution < 1.29 is 0 Å². The summed E-state index contributed by atoms with van der Waals surface area (Å²) in [6.45, 7) is 9.92. The van der Waals surface area contributed by atoms with Crippen LogP contribution in [0.15, 0.2) is 36.4 Å². The SMILES string of the molecule is Cc1ccc(N2CN(c3ccc(C)cc3C)C3CCCCC32)c(C)c1. The third-order valence-electron chi connectivity index (χ3n) is 6.12. The summed E-state index contributed by atoms with van der Waals surface area (Å²) in [6, 6.07) is 15.1. The largest absolute Gasteiger partial charge is 0.349 e. The molecule has 132 valence electrons. The Morgan fingerprint density at radius 2 is 1.12 bits per heavy atom. The molecule has 0 spiro atoms. The highest BCUT2D eigenvalue weighted by Gasteiger charge is 2.42. The summed E-state index contributed by atoms with van der Waals surface area (Å²) >= 11 is 0. The maximum absolute atomic E-state index is 2.68. The molecule has 0 amide bonds. The minimum Gasteiger partial charge on any atom is -0.349 e. The number of benzene rings is 2. The number of hydrogen-bond acceptors (Lipinski definition) is 2. The zero-order valence-corrected chi connectivity index (χ0v) is 16.0. The van der Waals surface area contributed by atoms with Gasteiger partial charge < -0.3 is 9.80 Å². The Morgan fingerprint density at radius 1 is 0.680 bits per heavy atom. The average Bonchev–Trinajstić information content (AvgIpc) is 2.94. The summed E-state index contributed by atoms with van der Waals surface area (Å²) in [5.74, 6) is 0. The van der Waals surface area contributed by atoms with Crippen LogP contribution in [-0.4, -0.2) is 18.8 Å². The Hall–Kier alpha value is -1.96. The fourth-order valence-electron chi connectivity index (χ4n) is 4.96. The molecule has 1 aliphatic carbocycles. The number of anilines is 2. The molecule has 4 rings (SSSR count). The summed E-state index contributed by atoms with van der Waals surface area (Å²) in [7, 11) is 0. The monoisotopic (exact) mass is 334 g/mol. The maximum Gasteiger partial charge on any atom is 0.0910 e. The second-order valence-electron chi connectivity index (χ2n) is 8.08. The van der Waals surface area contributed by atoms with Crippen molar-refractivity contribution >= 4 is 11.4 Å². The van der Waals surface area contributed by atoms with Crippen molar-refractivity contribution in [2.24, 2.45) is 0 Å². The maximum atomic E-state index is 2.68. The van der Waals surface area contributed by atoms with Gasteiger partial charge in [-0.2, -0.15) is 0 Å². The summed E-state index contributed by atoms with van der Waals surface area (Å²) < 4.78 is 0. The first-order valence-corrected chi connectivity index (χ1v) is 9.72. The molecule has 1 aliphatic heterocycles. The van der Waals surface area contributed by atoms with Gasteiger partial charge in [-0.3, -0.25) is 0 Å². The van der Waals surface area contributed by atoms with Crippen molar-refractivity contribution in [3.05, 3.63) is 58.7 Å². The van der Waals surface area contributed by atoms with E-state index < -0.39 is 0 Å². The Bertz CT molecular complexity index is 714. The lowest BCUT2D eigenvalue weighted by molar-refractivity contribution is 0.409. The van der Waals surface area contributed by atoms with Crippen LogP contribution >= 0.6 is 0 Å². The molecule has 2 heteroatoms. The molecule has 0 aromatic heterocycles. The molecular formula is C23H30N2. The Balaban J connectivity index is 1.72. The van der Waals surface area contributed by atoms with Crippen molar-refractivity contribution in [3.63, 3.8) is 0 Å². The lowest BCUT2D eigenvalue weighted by Gasteiger charge is -2.34. The average molecular weight is 335 g/mol. The van der Waals surface area contributed by atoms with E-state index in [0.29, 0.717) is 12.1 Å². The van der Waals surface area contributed by atoms with Crippen LogP contribution in [0.25, 0.3) is 0 Å². The van der Waals surface area contributed by atoms with Gasteiger partial charge in [-0.25, -0.2) is 0 Å². The molecule has 1 saturated carbocycles. The summed E-state index contributed by atoms with van der Waals surface area (Å²) in [4.78, 5) is 5.36. The predicted octanol–water partition coefficient (Wildman–Crippen LogP) is 5.52. The first-order valence-electron chi connectivity index (χ1n) is 9.72. The van der Waals surface area contributed by atoms with E-state index in [2.05, 4.69) is 73.9 Å². The first kappa shape index (κ1) is 16.5. The lowest BCUT2D eigenvalue weighted by Crippen LogP contribution is -2.40. The van der Waals surface area contributed by atoms with Crippen LogP contribution in [-0.2, 0) is 0 Å². The second-order valence-corrected chi connectivity index (χ2v) is 8.08. The number of fused-ring (bicyclic) bond motifs is 1. The molecule has 25 heavy (non-hydrogen) atoms. The fraction of sp³-hybridized carbons (Fsp3) is 0.478. The topological polar surface area (TPSA) is 6.48 Å². The number of rotatable bonds is 2. The highest BCUT2D eigenvalue weighted by molar-refractivity contribution is 5.63. The summed E-state index contributed by atoms with van der Waals surface area (Å²) in [5.41, 5.74) is 8.38. The van der Waals surface area contributed by atoms with Crippen LogP contribution in [0.3, 0.4) is 0 Å². The van der Waals surface area contributed by atoms with Crippen LogP contribution < -0.4 is 9.80 Å². The third-order valence-corrected chi connectivity index (χ3v) is 6.12. The van der Waals surface area contributed by atoms with E-state index in [1.54, 1.807) is 0 Å². The van der Waals surface area contributed by atoms with Crippen molar-refractivity contribution in [2.45, 2.75) is 65.5 Å². The van der Waals surface area contributed by atoms with Gasteiger partial charge in [-0.1, -0.05) is 48.2 Å². The normalized spacial score (nSPS) is 23.0. The second kappa shape index (κ2) is 6.40. The zero-order chi connectivity index (χ0) is 17.6. The number of hydrogen-bond donors (Lipinski definition) is 0. The molecule has 0 bridgehead atoms. The standard InChI is InChI=1S/C23H30N2/c1-16-9-11-20(18(3)13-16)24-15-25(23-8-6-5-7-22(23)24)21-12-10-17(2)14-19(21)4/h9-14,22-23H,5-8,15H2,1-4H3. The molecule has 0 N–H and O–H groups in total. The molecule has 2 aromatic rings. The Morgan fingerprint density at radius 3 is 1.52 bits per heavy atom. The van der Waals surface area contributed by atoms with Crippen molar-refractivity contribution in [1.82, 2.24) is 0 Å². The predicted molar refractivity (Wildman–Crippen MR) is 108 cm³/mol. The van der Waals surface area contributed by atoms with E-state index in [1.165, 1.54) is 59.3 Å². The van der Waals surface area contributed by atoms with E-state index in [0.717, 1.165) is 6.67 Å². The Labute approximate surface area is 152 Å². The molecule has 2 nitrogen and oxygen atoms in total. The van der Waals surface area contributed by atoms with Gasteiger partial charge in [0.25, 0.3) is 0 Å². The highest BCUT2D eigenvalue weighted by Crippen LogP contribution is 2.40. The van der Waals surface area contributed by atoms with Gasteiger partial charge in [0, 0.05) is 11.4 Å². The first-order chi connectivity index (χ1) is 12.0. The van der Waals surface area contributed by atoms with Gasteiger partial charge in [0.05, 0.1) is 18.8 Å². The zero-order valence-electron chi connectivity index (χ0n) is 16.0. The van der Waals surface area contributed by atoms with E-state index in [1.807, 2.05) is 0 Å². The highest BCUT2D eigenvalue weighted by atomic mass is 15.4. The number of nitrogens with zero attached hydrogens (tertiary/aromatic N) is 2. The van der Waals surface area contributed by atoms with Gasteiger partial charge in [0.15, 0.2) is 0 Å². The van der Waals surface area contributed by atoms with Gasteiger partial charge in [-0.05, 0) is 63.8 Å². The van der Waals surface area contributed by atoms with Crippen LogP contribution in [0.1, 0.15) is 47.9 Å². The molecular weight excluding hydrogens is 304 g/mol. The van der Waals surface area contributed by atoms with Crippen LogP contribution in [0, 0.1) is 27.7 Å². The van der Waals surface area contributed by atoms with Crippen molar-refractivity contribution in [3.8, 4) is 0 Å². The molecule has 2 aromatic carbocycles. The quantitative estimate of drug-likeness (QED) is 0.714. The lowest BCUT2D eigenvalue weighted by atomic mass is 9.89. The smallest absolute Gasteiger partial charge is 0.0910 e. The van der Waals surface area contributed by atoms with Gasteiger partial charge in [-0.15, -0.1) is 0 Å². The molecule has 2 fully saturated rings. The molecule has 2 aliphatic rings. The molecule has 0 radical (unpaired) electrons. The fourth-order valence-corrected chi connectivity index (χ4v) is 4.96. The third kappa shape index (κ3) is 2.92. The molecule has 1 saturated heterocycles. The van der Waals surface area contributed by atoms with E-state index in [4.69, 9.17) is 0 Å². The van der Waals surface area contributed by atoms with Crippen LogP contribution in [0.2, 0.25) is 0 Å². The summed E-state index contributed by atoms with van der Waals surface area (Å²) in [5, 5.41) is 0. The molecule has 2 atom stereocenters. The molecule has 1 heterocycles. The Kier molecular flexibility index (Phi) is 4.23. The minimum atomic E-state index is 0.649. The number of aryl methyl sites for hydroxylation is 4. The van der Waals surface area contributed by atoms with Gasteiger partial charge in [0.1, 0.15) is 0 Å². The van der Waals surface area contributed by atoms with Crippen LogP contribution in [0.5, 0.6) is 0 Å². The van der Waals surface area contributed by atoms with Crippen molar-refractivity contribution in [2.75, 3.05) is 16.5 Å². The van der Waals surface area contributed by atoms with Gasteiger partial charge in [0.2, 0.25) is 0 Å². The van der Waals surface area contributed by atoms with Crippen molar-refractivity contribution in [1.29, 1.82) is 0 Å².